The summed E-state index contributed by atoms with van der Waals surface area (Å²) in [5, 5.41) is 6.51. The second kappa shape index (κ2) is 9.57. The van der Waals surface area contributed by atoms with Gasteiger partial charge in [0.2, 0.25) is 11.8 Å². The molecule has 1 unspecified atom stereocenters. The molecular weight excluding hydrogens is 485 g/mol. The van der Waals surface area contributed by atoms with E-state index in [9.17, 15) is 14.9 Å². The molecule has 2 aromatic heterocycles. The van der Waals surface area contributed by atoms with E-state index in [0.717, 1.165) is 0 Å². The number of aromatic nitrogens is 4. The summed E-state index contributed by atoms with van der Waals surface area (Å²) < 4.78 is 42.7. The van der Waals surface area contributed by atoms with Gasteiger partial charge in [-0.15, -0.1) is 0 Å². The molecule has 0 spiro atoms. The first-order valence-corrected chi connectivity index (χ1v) is 12.4. The number of carbonyl (C=O) groups is 1. The first-order valence-electron chi connectivity index (χ1n) is 10.9. The number of ether oxygens (including phenoxy) is 3. The fourth-order valence-corrected chi connectivity index (χ4v) is 5.80. The van der Waals surface area contributed by atoms with Gasteiger partial charge in [0, 0.05) is 4.91 Å². The van der Waals surface area contributed by atoms with Crippen LogP contribution in [0, 0.1) is 0 Å². The lowest BCUT2D eigenvalue weighted by atomic mass is 9.93. The second-order valence-electron chi connectivity index (χ2n) is 8.01. The summed E-state index contributed by atoms with van der Waals surface area (Å²) in [6.45, 7) is 6.83. The van der Waals surface area contributed by atoms with Crippen LogP contribution in [-0.4, -0.2) is 69.1 Å². The fraction of sp³-hybridized carbons (Fsp3) is 0.667. The molecule has 2 saturated heterocycles. The summed E-state index contributed by atoms with van der Waals surface area (Å²) in [6, 6.07) is -0.976. The van der Waals surface area contributed by atoms with Gasteiger partial charge < -0.3 is 19.9 Å². The largest absolute Gasteiger partial charge is 0.476 e. The molecule has 2 aliphatic rings. The normalized spacial score (nSPS) is 30.9. The Morgan fingerprint density at radius 3 is 2.94 bits per heavy atom. The lowest BCUT2D eigenvalue weighted by Gasteiger charge is -2.36. The fourth-order valence-electron chi connectivity index (χ4n) is 4.03. The third-order valence-corrected chi connectivity index (χ3v) is 7.27. The van der Waals surface area contributed by atoms with Gasteiger partial charge in [0.25, 0.3) is 0 Å². The third-order valence-electron chi connectivity index (χ3n) is 5.57. The molecule has 4 heterocycles. The van der Waals surface area contributed by atoms with Crippen molar-refractivity contribution in [3.8, 4) is 5.88 Å². The molecule has 17 heteroatoms. The highest BCUT2D eigenvalue weighted by atomic mass is 31.2. The molecule has 190 valence electrons. The van der Waals surface area contributed by atoms with Gasteiger partial charge in [-0.25, -0.2) is 14.6 Å². The second-order valence-corrected chi connectivity index (χ2v) is 9.73. The number of imidazole rings is 1. The Morgan fingerprint density at radius 2 is 2.26 bits per heavy atom. The number of nitrogens with one attached hydrogen (secondary N) is 1. The monoisotopic (exact) mass is 511 g/mol. The molecular formula is C18H26N9O7P. The highest BCUT2D eigenvalue weighted by Crippen LogP contribution is 2.57. The zero-order chi connectivity index (χ0) is 25.4. The number of hydrogen-bond acceptors (Lipinski definition) is 12. The topological polar surface area (TPSA) is 211 Å². The van der Waals surface area contributed by atoms with Gasteiger partial charge in [0.05, 0.1) is 26.1 Å². The summed E-state index contributed by atoms with van der Waals surface area (Å²) >= 11 is 0. The van der Waals surface area contributed by atoms with Crippen LogP contribution in [0.2, 0.25) is 0 Å². The maximum atomic E-state index is 13.3. The zero-order valence-corrected chi connectivity index (χ0v) is 20.4. The molecule has 16 nitrogen and oxygen atoms in total. The predicted molar refractivity (Wildman–Crippen MR) is 120 cm³/mol. The first-order chi connectivity index (χ1) is 16.7. The van der Waals surface area contributed by atoms with Crippen molar-refractivity contribution in [1.82, 2.24) is 24.6 Å². The van der Waals surface area contributed by atoms with Gasteiger partial charge in [0.15, 0.2) is 17.4 Å². The van der Waals surface area contributed by atoms with E-state index in [2.05, 4.69) is 30.1 Å². The molecule has 0 aromatic carbocycles. The summed E-state index contributed by atoms with van der Waals surface area (Å²) in [5.41, 5.74) is 14.4. The highest BCUT2D eigenvalue weighted by molar-refractivity contribution is 7.51. The lowest BCUT2D eigenvalue weighted by molar-refractivity contribution is -0.144. The van der Waals surface area contributed by atoms with Gasteiger partial charge in [-0.05, 0) is 33.2 Å². The average molecular weight is 511 g/mol. The SMILES string of the molecule is CCOC(=O)[C@H](C)NP1(=O)OC[C@H]2O[C@@H](n3cnc4c(OCC)nc(N)nc43)[C@](C)(N=[N+]=[N-])[C@@H]2O1. The maximum absolute atomic E-state index is 13.3. The number of anilines is 1. The molecule has 2 aromatic rings. The van der Waals surface area contributed by atoms with E-state index in [4.69, 9.17) is 29.0 Å². The van der Waals surface area contributed by atoms with Crippen LogP contribution < -0.4 is 15.6 Å². The van der Waals surface area contributed by atoms with Gasteiger partial charge in [-0.3, -0.25) is 18.4 Å². The third kappa shape index (κ3) is 4.51. The molecule has 0 aliphatic carbocycles. The Hall–Kier alpha value is -3.00. The van der Waals surface area contributed by atoms with E-state index in [1.807, 2.05) is 0 Å². The van der Waals surface area contributed by atoms with Crippen LogP contribution in [0.4, 0.5) is 5.95 Å². The summed E-state index contributed by atoms with van der Waals surface area (Å²) in [7, 11) is -4.00. The zero-order valence-electron chi connectivity index (χ0n) is 19.5. The Labute approximate surface area is 199 Å². The van der Waals surface area contributed by atoms with E-state index in [-0.39, 0.29) is 30.7 Å². The minimum atomic E-state index is -4.00. The number of fused-ring (bicyclic) bond motifs is 2. The summed E-state index contributed by atoms with van der Waals surface area (Å²) in [5.74, 6) is -0.483. The molecule has 3 N–H and O–H groups in total. The highest BCUT2D eigenvalue weighted by Gasteiger charge is 2.60. The van der Waals surface area contributed by atoms with Crippen molar-refractivity contribution in [3.63, 3.8) is 0 Å². The van der Waals surface area contributed by atoms with E-state index >= 15 is 0 Å². The standard InChI is InChI=1S/C18H26N9O7P/c1-5-30-14-11-13(22-17(19)23-14)27(8-21-11)16-18(4,25-26-20)12-10(33-16)7-32-35(29,34-12)24-9(3)15(28)31-6-2/h8-10,12,16H,5-7H2,1-4H3,(H,24,29)(H2,19,22,23)/t9-,10+,12+,16+,18+,35?/m0/s1. The molecule has 0 saturated carbocycles. The van der Waals surface area contributed by atoms with Crippen molar-refractivity contribution >= 4 is 30.8 Å². The Balaban J connectivity index is 1.69. The van der Waals surface area contributed by atoms with Crippen LogP contribution in [0.1, 0.15) is 33.9 Å². The maximum Gasteiger partial charge on any atom is 0.406 e. The van der Waals surface area contributed by atoms with Gasteiger partial charge >= 0.3 is 13.7 Å². The molecule has 2 fully saturated rings. The number of azide groups is 1. The minimum Gasteiger partial charge on any atom is -0.476 e. The van der Waals surface area contributed by atoms with Gasteiger partial charge in [-0.1, -0.05) is 5.11 Å². The van der Waals surface area contributed by atoms with Crippen molar-refractivity contribution in [2.24, 2.45) is 5.11 Å². The number of rotatable bonds is 8. The van der Waals surface area contributed by atoms with Crippen LogP contribution in [0.5, 0.6) is 5.88 Å². The summed E-state index contributed by atoms with van der Waals surface area (Å²) in [4.78, 5) is 27.6. The summed E-state index contributed by atoms with van der Waals surface area (Å²) in [6.07, 6.45) is -1.33. The van der Waals surface area contributed by atoms with Crippen LogP contribution in [-0.2, 0) is 27.9 Å². The Morgan fingerprint density at radius 1 is 1.49 bits per heavy atom. The van der Waals surface area contributed by atoms with Crippen molar-refractivity contribution in [2.75, 3.05) is 25.6 Å². The van der Waals surface area contributed by atoms with Crippen molar-refractivity contribution in [1.29, 1.82) is 0 Å². The Kier molecular flexibility index (Phi) is 6.86. The van der Waals surface area contributed by atoms with Crippen LogP contribution in [0.15, 0.2) is 11.4 Å². The minimum absolute atomic E-state index is 0.0511. The van der Waals surface area contributed by atoms with Crippen molar-refractivity contribution < 1.29 is 32.6 Å². The van der Waals surface area contributed by atoms with Crippen molar-refractivity contribution in [2.45, 2.75) is 57.7 Å². The number of esters is 1. The Bertz CT molecular complexity index is 1220. The van der Waals surface area contributed by atoms with Gasteiger partial charge in [0.1, 0.15) is 23.8 Å². The number of nitrogens with two attached hydrogens (primary N) is 1. The molecule has 0 bridgehead atoms. The molecule has 35 heavy (non-hydrogen) atoms. The van der Waals surface area contributed by atoms with E-state index < -0.39 is 43.7 Å². The van der Waals surface area contributed by atoms with E-state index in [0.29, 0.717) is 12.1 Å². The van der Waals surface area contributed by atoms with Crippen LogP contribution in [0.25, 0.3) is 21.6 Å². The van der Waals surface area contributed by atoms with Crippen LogP contribution in [0.3, 0.4) is 0 Å². The first kappa shape index (κ1) is 25.1. The van der Waals surface area contributed by atoms with E-state index in [1.165, 1.54) is 17.8 Å². The number of carbonyl (C=O) groups excluding carboxylic acids is 1. The number of nitrogen functional groups attached to an aromatic ring is 1. The molecule has 0 radical (unpaired) electrons. The quantitative estimate of drug-likeness (QED) is 0.171. The van der Waals surface area contributed by atoms with E-state index in [1.54, 1.807) is 20.8 Å². The predicted octanol–water partition coefficient (Wildman–Crippen LogP) is 1.84. The molecule has 2 aliphatic heterocycles. The smallest absolute Gasteiger partial charge is 0.406 e. The number of hydrogen-bond donors (Lipinski definition) is 2. The van der Waals surface area contributed by atoms with Crippen molar-refractivity contribution in [3.05, 3.63) is 16.8 Å². The van der Waals surface area contributed by atoms with Gasteiger partial charge in [-0.2, -0.15) is 9.97 Å². The molecule has 0 amide bonds. The average Bonchev–Trinajstić information content (AvgIpc) is 3.33. The molecule has 6 atom stereocenters. The molecule has 4 rings (SSSR count). The van der Waals surface area contributed by atoms with Crippen LogP contribution >= 0.6 is 7.75 Å². The number of nitrogens with zero attached hydrogens (tertiary/aromatic N) is 7. The lowest BCUT2D eigenvalue weighted by Crippen LogP contribution is -2.48.